The minimum atomic E-state index is -0.717. The molecule has 1 rings (SSSR count). The fourth-order valence-electron chi connectivity index (χ4n) is 3.01. The van der Waals surface area contributed by atoms with Gasteiger partial charge in [-0.15, -0.1) is 6.58 Å². The number of para-hydroxylation sites is 1. The van der Waals surface area contributed by atoms with Gasteiger partial charge < -0.3 is 4.74 Å². The van der Waals surface area contributed by atoms with Gasteiger partial charge in [-0.05, 0) is 37.7 Å². The molecule has 0 spiro atoms. The number of unbranched alkanes of at least 4 members (excludes halogenated alkanes) is 6. The molecular weight excluding hydrogens is 336 g/mol. The van der Waals surface area contributed by atoms with Crippen LogP contribution < -0.4 is 4.74 Å². The highest BCUT2D eigenvalue weighted by atomic mass is 16.5. The van der Waals surface area contributed by atoms with Gasteiger partial charge in [-0.3, -0.25) is 9.59 Å². The Morgan fingerprint density at radius 1 is 1.04 bits per heavy atom. The number of esters is 1. The van der Waals surface area contributed by atoms with E-state index in [2.05, 4.69) is 27.4 Å². The third kappa shape index (κ3) is 8.55. The Labute approximate surface area is 165 Å². The van der Waals surface area contributed by atoms with Crippen molar-refractivity contribution in [2.24, 2.45) is 5.92 Å². The normalized spacial score (nSPS) is 12.4. The van der Waals surface area contributed by atoms with Gasteiger partial charge in [0.2, 0.25) is 0 Å². The van der Waals surface area contributed by atoms with Gasteiger partial charge in [0.1, 0.15) is 17.5 Å². The lowest BCUT2D eigenvalue weighted by Gasteiger charge is -2.22. The van der Waals surface area contributed by atoms with Crippen LogP contribution in [0.1, 0.15) is 84.6 Å². The van der Waals surface area contributed by atoms with Gasteiger partial charge in [0.25, 0.3) is 0 Å². The van der Waals surface area contributed by atoms with E-state index in [1.54, 1.807) is 13.0 Å². The Balaban J connectivity index is 2.41. The molecule has 1 atom stereocenters. The number of hydrogen-bond acceptors (Lipinski definition) is 3. The highest BCUT2D eigenvalue weighted by molar-refractivity contribution is 5.99. The van der Waals surface area contributed by atoms with Crippen molar-refractivity contribution in [1.82, 2.24) is 0 Å². The van der Waals surface area contributed by atoms with Crippen LogP contribution in [0.15, 0.2) is 36.9 Å². The SMILES string of the molecule is C=CCCCCCCCCC(=O)C(C)C(=O)Oc1ccccc1C(C)(C)C. The lowest BCUT2D eigenvalue weighted by molar-refractivity contribution is -0.143. The average molecular weight is 373 g/mol. The Bertz CT molecular complexity index is 610. The van der Waals surface area contributed by atoms with E-state index in [-0.39, 0.29) is 11.2 Å². The number of carbonyl (C=O) groups excluding carboxylic acids is 2. The number of ether oxygens (including phenoxy) is 1. The molecule has 150 valence electrons. The molecule has 0 aromatic heterocycles. The van der Waals surface area contributed by atoms with Gasteiger partial charge in [-0.25, -0.2) is 0 Å². The number of carbonyl (C=O) groups is 2. The standard InChI is InChI=1S/C24H36O3/c1-6-7-8-9-10-11-12-13-17-21(25)19(2)23(26)27-22-18-15-14-16-20(22)24(3,4)5/h6,14-16,18-19H,1,7-13,17H2,2-5H3. The Morgan fingerprint density at radius 2 is 1.63 bits per heavy atom. The van der Waals surface area contributed by atoms with Crippen molar-refractivity contribution in [3.8, 4) is 5.75 Å². The number of ketones is 1. The van der Waals surface area contributed by atoms with Crippen molar-refractivity contribution in [2.75, 3.05) is 0 Å². The molecule has 0 radical (unpaired) electrons. The number of benzene rings is 1. The number of hydrogen-bond donors (Lipinski definition) is 0. The van der Waals surface area contributed by atoms with E-state index in [1.165, 1.54) is 19.3 Å². The second-order valence-electron chi connectivity index (χ2n) is 8.30. The molecule has 3 heteroatoms. The highest BCUT2D eigenvalue weighted by Crippen LogP contribution is 2.31. The molecule has 0 fully saturated rings. The van der Waals surface area contributed by atoms with Crippen LogP contribution >= 0.6 is 0 Å². The van der Waals surface area contributed by atoms with Gasteiger partial charge >= 0.3 is 5.97 Å². The largest absolute Gasteiger partial charge is 0.426 e. The van der Waals surface area contributed by atoms with Gasteiger partial charge in [-0.1, -0.05) is 70.7 Å². The van der Waals surface area contributed by atoms with Crippen LogP contribution in [-0.2, 0) is 15.0 Å². The van der Waals surface area contributed by atoms with E-state index < -0.39 is 11.9 Å². The summed E-state index contributed by atoms with van der Waals surface area (Å²) in [6.07, 6.45) is 10.1. The van der Waals surface area contributed by atoms with Crippen LogP contribution in [0.3, 0.4) is 0 Å². The number of allylic oxidation sites excluding steroid dienone is 1. The summed E-state index contributed by atoms with van der Waals surface area (Å²) in [6.45, 7) is 11.6. The first-order valence-corrected chi connectivity index (χ1v) is 10.2. The fraction of sp³-hybridized carbons (Fsp3) is 0.583. The summed E-state index contributed by atoms with van der Waals surface area (Å²) in [6, 6.07) is 7.54. The molecule has 0 heterocycles. The van der Waals surface area contributed by atoms with E-state index in [4.69, 9.17) is 4.74 Å². The molecule has 0 N–H and O–H groups in total. The lowest BCUT2D eigenvalue weighted by Crippen LogP contribution is -2.26. The third-order valence-electron chi connectivity index (χ3n) is 4.82. The van der Waals surface area contributed by atoms with E-state index >= 15 is 0 Å². The van der Waals surface area contributed by atoms with E-state index in [0.717, 1.165) is 31.2 Å². The van der Waals surface area contributed by atoms with Crippen molar-refractivity contribution in [3.63, 3.8) is 0 Å². The molecule has 0 saturated carbocycles. The first-order chi connectivity index (χ1) is 12.8. The van der Waals surface area contributed by atoms with E-state index in [0.29, 0.717) is 12.2 Å². The van der Waals surface area contributed by atoms with Gasteiger partial charge in [0.15, 0.2) is 0 Å². The van der Waals surface area contributed by atoms with Crippen LogP contribution in [0.2, 0.25) is 0 Å². The minimum Gasteiger partial charge on any atom is -0.426 e. The molecule has 1 unspecified atom stereocenters. The first-order valence-electron chi connectivity index (χ1n) is 10.2. The molecule has 1 aromatic carbocycles. The summed E-state index contributed by atoms with van der Waals surface area (Å²) in [5.74, 6) is -0.652. The molecule has 3 nitrogen and oxygen atoms in total. The minimum absolute atomic E-state index is 0.0279. The molecule has 0 saturated heterocycles. The van der Waals surface area contributed by atoms with Crippen molar-refractivity contribution in [1.29, 1.82) is 0 Å². The molecule has 0 amide bonds. The monoisotopic (exact) mass is 372 g/mol. The summed E-state index contributed by atoms with van der Waals surface area (Å²) in [4.78, 5) is 24.7. The molecule has 0 bridgehead atoms. The quantitative estimate of drug-likeness (QED) is 0.140. The lowest BCUT2D eigenvalue weighted by atomic mass is 9.86. The predicted molar refractivity (Wildman–Crippen MR) is 112 cm³/mol. The smallest absolute Gasteiger partial charge is 0.321 e. The summed E-state index contributed by atoms with van der Waals surface area (Å²) in [5, 5.41) is 0. The van der Waals surface area contributed by atoms with E-state index in [1.807, 2.05) is 24.3 Å². The Morgan fingerprint density at radius 3 is 2.26 bits per heavy atom. The number of rotatable bonds is 12. The molecule has 0 aliphatic heterocycles. The second-order valence-corrected chi connectivity index (χ2v) is 8.30. The van der Waals surface area contributed by atoms with Crippen LogP contribution in [-0.4, -0.2) is 11.8 Å². The molecular formula is C24H36O3. The molecule has 1 aromatic rings. The topological polar surface area (TPSA) is 43.4 Å². The third-order valence-corrected chi connectivity index (χ3v) is 4.82. The first kappa shape index (κ1) is 23.1. The van der Waals surface area contributed by atoms with Crippen LogP contribution in [0.4, 0.5) is 0 Å². The van der Waals surface area contributed by atoms with Crippen molar-refractivity contribution < 1.29 is 14.3 Å². The van der Waals surface area contributed by atoms with Crippen molar-refractivity contribution >= 4 is 11.8 Å². The van der Waals surface area contributed by atoms with Gasteiger partial charge in [0, 0.05) is 12.0 Å². The fourth-order valence-corrected chi connectivity index (χ4v) is 3.01. The molecule has 27 heavy (non-hydrogen) atoms. The number of Topliss-reactive ketones (excluding diaryl/α,β-unsaturated/α-hetero) is 1. The van der Waals surface area contributed by atoms with E-state index in [9.17, 15) is 9.59 Å². The van der Waals surface area contributed by atoms with Crippen LogP contribution in [0.25, 0.3) is 0 Å². The predicted octanol–water partition coefficient (Wildman–Crippen LogP) is 6.40. The Kier molecular flexibility index (Phi) is 10.1. The zero-order valence-corrected chi connectivity index (χ0v) is 17.6. The highest BCUT2D eigenvalue weighted by Gasteiger charge is 2.25. The zero-order valence-electron chi connectivity index (χ0n) is 17.6. The molecule has 0 aliphatic carbocycles. The molecule has 0 aliphatic rings. The Hall–Kier alpha value is -1.90. The summed E-state index contributed by atoms with van der Waals surface area (Å²) < 4.78 is 5.57. The summed E-state index contributed by atoms with van der Waals surface area (Å²) in [7, 11) is 0. The maximum Gasteiger partial charge on any atom is 0.321 e. The second kappa shape index (κ2) is 11.7. The maximum atomic E-state index is 12.4. The summed E-state index contributed by atoms with van der Waals surface area (Å²) in [5.41, 5.74) is 0.838. The van der Waals surface area contributed by atoms with Crippen molar-refractivity contribution in [3.05, 3.63) is 42.5 Å². The zero-order chi connectivity index (χ0) is 20.3. The van der Waals surface area contributed by atoms with Gasteiger partial charge in [0.05, 0.1) is 0 Å². The van der Waals surface area contributed by atoms with Crippen LogP contribution in [0, 0.1) is 5.92 Å². The van der Waals surface area contributed by atoms with Crippen LogP contribution in [0.5, 0.6) is 5.75 Å². The average Bonchev–Trinajstić information content (AvgIpc) is 2.62. The van der Waals surface area contributed by atoms with Crippen molar-refractivity contribution in [2.45, 2.75) is 84.5 Å². The maximum absolute atomic E-state index is 12.4. The van der Waals surface area contributed by atoms with Gasteiger partial charge in [-0.2, -0.15) is 0 Å². The summed E-state index contributed by atoms with van der Waals surface area (Å²) >= 11 is 0.